The van der Waals surface area contributed by atoms with E-state index in [1.165, 1.54) is 6.41 Å². The van der Waals surface area contributed by atoms with E-state index in [2.05, 4.69) is 23.2 Å². The quantitative estimate of drug-likeness (QED) is 0.582. The molecule has 1 heterocycles. The van der Waals surface area contributed by atoms with Crippen LogP contribution in [0.15, 0.2) is 12.4 Å². The number of aromatic nitrogens is 2. The summed E-state index contributed by atoms with van der Waals surface area (Å²) in [6, 6.07) is 0. The first-order valence-corrected chi connectivity index (χ1v) is 3.80. The molecule has 1 aromatic rings. The van der Waals surface area contributed by atoms with Gasteiger partial charge in [0.05, 0.1) is 6.41 Å². The van der Waals surface area contributed by atoms with Gasteiger partial charge in [0.25, 0.3) is 0 Å². The Morgan fingerprint density at radius 3 is 2.33 bits per heavy atom. The topological polar surface area (TPSA) is 72.0 Å². The standard InChI is InChI=1S/C5H5N2.C4H5NO2.W/c1-5-2-6-4-7-3-5;1-2-4(7)5-3-6;/h2-3H,1H3;1-2H2,(H,5,6,7);/q-1;-2;. The Bertz CT molecular complexity index is 280. The average Bonchev–Trinajstić information content (AvgIpc) is 2.20. The Labute approximate surface area is 103 Å². The van der Waals surface area contributed by atoms with Crippen molar-refractivity contribution in [2.45, 2.75) is 13.3 Å². The van der Waals surface area contributed by atoms with Crippen molar-refractivity contribution in [3.8, 4) is 0 Å². The van der Waals surface area contributed by atoms with Crippen molar-refractivity contribution in [1.29, 1.82) is 0 Å². The third-order valence-corrected chi connectivity index (χ3v) is 1.07. The molecule has 1 rings (SSSR count). The molecule has 82 valence electrons. The molecule has 0 atom stereocenters. The van der Waals surface area contributed by atoms with E-state index in [4.69, 9.17) is 0 Å². The molecule has 0 aromatic carbocycles. The minimum Gasteiger partial charge on any atom is -0.464 e. The molecular formula is C9H10N3O2W-3. The summed E-state index contributed by atoms with van der Waals surface area (Å²) >= 11 is 0. The van der Waals surface area contributed by atoms with Gasteiger partial charge in [0, 0.05) is 33.3 Å². The van der Waals surface area contributed by atoms with E-state index in [9.17, 15) is 9.59 Å². The molecule has 15 heavy (non-hydrogen) atoms. The SMILES string of the molecule is Cc1cn[c-]nc1.[CH2-]CC(=O)N[C-]=O.[W]. The van der Waals surface area contributed by atoms with Crippen molar-refractivity contribution in [3.63, 3.8) is 0 Å². The molecule has 0 aliphatic rings. The van der Waals surface area contributed by atoms with Crippen LogP contribution in [0.25, 0.3) is 0 Å². The second-order valence-corrected chi connectivity index (χ2v) is 2.26. The average molecular weight is 376 g/mol. The number of carbonyl (C=O) groups excluding carboxylic acids is 2. The van der Waals surface area contributed by atoms with Gasteiger partial charge in [0.1, 0.15) is 0 Å². The van der Waals surface area contributed by atoms with Crippen molar-refractivity contribution in [2.75, 3.05) is 0 Å². The summed E-state index contributed by atoms with van der Waals surface area (Å²) in [7, 11) is 0. The minimum atomic E-state index is -0.407. The van der Waals surface area contributed by atoms with Gasteiger partial charge in [-0.3, -0.25) is 0 Å². The number of nitrogens with zero attached hydrogens (tertiary/aromatic N) is 2. The van der Waals surface area contributed by atoms with Gasteiger partial charge in [-0.15, -0.1) is 5.56 Å². The predicted octanol–water partition coefficient (Wildman–Crippen LogP) is -0.0233. The van der Waals surface area contributed by atoms with Crippen LogP contribution in [0.2, 0.25) is 0 Å². The van der Waals surface area contributed by atoms with Crippen LogP contribution in [0.4, 0.5) is 0 Å². The van der Waals surface area contributed by atoms with Crippen LogP contribution in [0.1, 0.15) is 12.0 Å². The molecule has 0 unspecified atom stereocenters. The summed E-state index contributed by atoms with van der Waals surface area (Å²) in [4.78, 5) is 26.6. The largest absolute Gasteiger partial charge is 0.464 e. The summed E-state index contributed by atoms with van der Waals surface area (Å²) in [6.07, 6.45) is 7.17. The Kier molecular flexibility index (Phi) is 12.0. The van der Waals surface area contributed by atoms with Crippen LogP contribution >= 0.6 is 0 Å². The fourth-order valence-electron chi connectivity index (χ4n) is 0.447. The molecule has 0 fully saturated rings. The fourth-order valence-corrected chi connectivity index (χ4v) is 0.447. The molecule has 0 saturated heterocycles. The maximum absolute atomic E-state index is 9.98. The zero-order valence-electron chi connectivity index (χ0n) is 8.19. The van der Waals surface area contributed by atoms with Gasteiger partial charge in [0.2, 0.25) is 0 Å². The molecule has 0 radical (unpaired) electrons. The molecule has 0 spiro atoms. The summed E-state index contributed by atoms with van der Waals surface area (Å²) in [5, 5.41) is 1.79. The third-order valence-electron chi connectivity index (χ3n) is 1.07. The summed E-state index contributed by atoms with van der Waals surface area (Å²) in [5.74, 6) is -0.407. The minimum absolute atomic E-state index is 0. The summed E-state index contributed by atoms with van der Waals surface area (Å²) in [5.41, 5.74) is 1.07. The van der Waals surface area contributed by atoms with E-state index in [0.29, 0.717) is 0 Å². The number of rotatable bonds is 2. The zero-order valence-corrected chi connectivity index (χ0v) is 11.1. The van der Waals surface area contributed by atoms with Crippen LogP contribution in [0.3, 0.4) is 0 Å². The van der Waals surface area contributed by atoms with Crippen LogP contribution in [0.5, 0.6) is 0 Å². The smallest absolute Gasteiger partial charge is 0.0713 e. The van der Waals surface area contributed by atoms with Gasteiger partial charge >= 0.3 is 0 Å². The molecule has 2 amide bonds. The first-order valence-electron chi connectivity index (χ1n) is 3.80. The summed E-state index contributed by atoms with van der Waals surface area (Å²) in [6.45, 7) is 5.15. The molecular weight excluding hydrogens is 366 g/mol. The molecule has 1 aromatic heterocycles. The van der Waals surface area contributed by atoms with Gasteiger partial charge in [-0.25, -0.2) is 0 Å². The fraction of sp³-hybridized carbons (Fsp3) is 0.222. The van der Waals surface area contributed by atoms with Crippen molar-refractivity contribution >= 4 is 12.3 Å². The van der Waals surface area contributed by atoms with Gasteiger partial charge in [-0.2, -0.15) is 6.42 Å². The van der Waals surface area contributed by atoms with Crippen molar-refractivity contribution in [2.24, 2.45) is 0 Å². The normalized spacial score (nSPS) is 7.60. The van der Waals surface area contributed by atoms with Crippen molar-refractivity contribution in [3.05, 3.63) is 31.2 Å². The number of hydrogen-bond donors (Lipinski definition) is 1. The molecule has 0 bridgehead atoms. The van der Waals surface area contributed by atoms with Gasteiger partial charge in [-0.1, -0.05) is 19.3 Å². The van der Waals surface area contributed by atoms with E-state index in [0.717, 1.165) is 5.56 Å². The van der Waals surface area contributed by atoms with Crippen molar-refractivity contribution < 1.29 is 30.7 Å². The van der Waals surface area contributed by atoms with Gasteiger partial charge < -0.3 is 31.8 Å². The second kappa shape index (κ2) is 11.0. The predicted molar refractivity (Wildman–Crippen MR) is 49.4 cm³/mol. The van der Waals surface area contributed by atoms with Crippen LogP contribution in [-0.2, 0) is 30.7 Å². The molecule has 0 aliphatic carbocycles. The molecule has 5 nitrogen and oxygen atoms in total. The Hall–Kier alpha value is -1.09. The van der Waals surface area contributed by atoms with E-state index >= 15 is 0 Å². The van der Waals surface area contributed by atoms with E-state index < -0.39 is 5.91 Å². The zero-order chi connectivity index (χ0) is 10.8. The van der Waals surface area contributed by atoms with Crippen molar-refractivity contribution in [1.82, 2.24) is 15.3 Å². The van der Waals surface area contributed by atoms with Crippen LogP contribution in [-0.4, -0.2) is 22.3 Å². The van der Waals surface area contributed by atoms with E-state index in [-0.39, 0.29) is 27.5 Å². The maximum atomic E-state index is 9.98. The third kappa shape index (κ3) is 10.8. The Morgan fingerprint density at radius 1 is 1.60 bits per heavy atom. The first kappa shape index (κ1) is 16.3. The molecule has 0 aliphatic heterocycles. The number of aryl methyl sites for hydroxylation is 1. The second-order valence-electron chi connectivity index (χ2n) is 2.26. The first-order chi connectivity index (χ1) is 6.70. The van der Waals surface area contributed by atoms with Gasteiger partial charge in [-0.05, 0) is 0 Å². The van der Waals surface area contributed by atoms with Crippen LogP contribution < -0.4 is 5.32 Å². The maximum Gasteiger partial charge on any atom is 0.0713 e. The Balaban J connectivity index is 0. The van der Waals surface area contributed by atoms with Gasteiger partial charge in [0.15, 0.2) is 0 Å². The molecule has 6 heteroatoms. The number of hydrogen-bond acceptors (Lipinski definition) is 4. The van der Waals surface area contributed by atoms with E-state index in [1.54, 1.807) is 17.7 Å². The van der Waals surface area contributed by atoms with E-state index in [1.807, 2.05) is 6.92 Å². The number of imide groups is 1. The Morgan fingerprint density at radius 2 is 2.13 bits per heavy atom. The molecule has 1 N–H and O–H groups in total. The molecule has 0 saturated carbocycles. The number of carbonyl (C=O) groups is 1. The van der Waals surface area contributed by atoms with Crippen LogP contribution in [0, 0.1) is 20.2 Å². The summed E-state index contributed by atoms with van der Waals surface area (Å²) < 4.78 is 0. The monoisotopic (exact) mass is 376 g/mol. The number of amides is 2. The number of nitrogens with one attached hydrogen (secondary N) is 1.